The standard InChI is InChI=1S/C8H8NO3.3C4H9.Sn/c10-7-5-6(8(7)11)9-1-3-12-4-2-9;3*1-3-4-2;/h1-4H2;3*1,3-4H2,2H3;. The van der Waals surface area contributed by atoms with Gasteiger partial charge in [0.15, 0.2) is 0 Å². The van der Waals surface area contributed by atoms with Crippen molar-refractivity contribution in [3.8, 4) is 0 Å². The van der Waals surface area contributed by atoms with Gasteiger partial charge in [0.1, 0.15) is 0 Å². The number of nitrogens with zero attached hydrogens (tertiary/aromatic N) is 1. The van der Waals surface area contributed by atoms with Crippen LogP contribution in [0.3, 0.4) is 0 Å². The topological polar surface area (TPSA) is 46.6 Å². The zero-order valence-electron chi connectivity index (χ0n) is 16.4. The van der Waals surface area contributed by atoms with Gasteiger partial charge in [0.2, 0.25) is 0 Å². The Labute approximate surface area is 156 Å². The van der Waals surface area contributed by atoms with Crippen LogP contribution in [0, 0.1) is 0 Å². The Bertz CT molecular complexity index is 579. The number of morpholine rings is 1. The molecule has 0 N–H and O–H groups in total. The van der Waals surface area contributed by atoms with Crippen molar-refractivity contribution in [3.63, 3.8) is 0 Å². The van der Waals surface area contributed by atoms with E-state index in [2.05, 4.69) is 25.7 Å². The van der Waals surface area contributed by atoms with E-state index in [1.165, 1.54) is 51.8 Å². The number of unbranched alkanes of at least 4 members (excludes halogenated alkanes) is 3. The zero-order valence-corrected chi connectivity index (χ0v) is 19.2. The van der Waals surface area contributed by atoms with E-state index in [1.807, 2.05) is 0 Å². The molecule has 0 unspecified atom stereocenters. The number of ether oxygens (including phenoxy) is 1. The van der Waals surface area contributed by atoms with Gasteiger partial charge in [0.25, 0.3) is 0 Å². The number of anilines is 1. The SMILES string of the molecule is CCC[CH2][Sn]([CH2]CCC)([CH2]CCC)[c]1c(N2CCOCC2)c(=O)c1=O. The first-order chi connectivity index (χ1) is 12.1. The minimum atomic E-state index is -2.82. The Morgan fingerprint density at radius 3 is 1.76 bits per heavy atom. The van der Waals surface area contributed by atoms with Crippen LogP contribution in [0.2, 0.25) is 13.3 Å². The normalized spacial score (nSPS) is 15.9. The molecule has 0 atom stereocenters. The summed E-state index contributed by atoms with van der Waals surface area (Å²) in [7, 11) is 0. The Hall–Kier alpha value is -0.361. The summed E-state index contributed by atoms with van der Waals surface area (Å²) < 4.78 is 10.3. The fourth-order valence-electron chi connectivity index (χ4n) is 4.26. The quantitative estimate of drug-likeness (QED) is 0.379. The van der Waals surface area contributed by atoms with E-state index < -0.39 is 18.4 Å². The van der Waals surface area contributed by atoms with E-state index in [4.69, 9.17) is 4.74 Å². The Morgan fingerprint density at radius 2 is 1.32 bits per heavy atom. The second-order valence-corrected chi connectivity index (χ2v) is 20.6. The van der Waals surface area contributed by atoms with Crippen LogP contribution in [0.15, 0.2) is 9.59 Å². The first-order valence-electron chi connectivity index (χ1n) is 10.3. The Morgan fingerprint density at radius 1 is 0.840 bits per heavy atom. The maximum atomic E-state index is 12.7. The van der Waals surface area contributed by atoms with Crippen LogP contribution >= 0.6 is 0 Å². The molecular weight excluding hydrogens is 421 g/mol. The van der Waals surface area contributed by atoms with Crippen LogP contribution in [0.4, 0.5) is 5.69 Å². The van der Waals surface area contributed by atoms with E-state index in [9.17, 15) is 9.59 Å². The molecule has 1 saturated heterocycles. The van der Waals surface area contributed by atoms with Gasteiger partial charge in [-0.2, -0.15) is 0 Å². The maximum absolute atomic E-state index is 12.7. The predicted octanol–water partition coefficient (Wildman–Crippen LogP) is 3.18. The van der Waals surface area contributed by atoms with Gasteiger partial charge in [-0.1, -0.05) is 0 Å². The fraction of sp³-hybridized carbons (Fsp3) is 0.800. The summed E-state index contributed by atoms with van der Waals surface area (Å²) in [6.45, 7) is 9.56. The molecular formula is C20H35NO3Sn. The summed E-state index contributed by atoms with van der Waals surface area (Å²) in [6, 6.07) is 0. The summed E-state index contributed by atoms with van der Waals surface area (Å²) in [6.07, 6.45) is 7.18. The number of hydrogen-bond donors (Lipinski definition) is 0. The molecule has 0 radical (unpaired) electrons. The molecule has 1 aromatic rings. The molecule has 0 saturated carbocycles. The molecule has 0 amide bonds. The summed E-state index contributed by atoms with van der Waals surface area (Å²) in [5, 5.41) is 0. The van der Waals surface area contributed by atoms with Crippen LogP contribution in [0.5, 0.6) is 0 Å². The van der Waals surface area contributed by atoms with Crippen LogP contribution < -0.4 is 19.3 Å². The summed E-state index contributed by atoms with van der Waals surface area (Å²) in [5.74, 6) is 0. The monoisotopic (exact) mass is 457 g/mol. The van der Waals surface area contributed by atoms with E-state index in [0.717, 1.165) is 22.4 Å². The van der Waals surface area contributed by atoms with Gasteiger partial charge in [-0.05, 0) is 0 Å². The Kier molecular flexibility index (Phi) is 8.46. The first-order valence-corrected chi connectivity index (χ1v) is 17.8. The van der Waals surface area contributed by atoms with Crippen molar-refractivity contribution in [2.24, 2.45) is 0 Å². The first kappa shape index (κ1) is 20.9. The molecule has 4 nitrogen and oxygen atoms in total. The van der Waals surface area contributed by atoms with Gasteiger partial charge in [-0.25, -0.2) is 0 Å². The van der Waals surface area contributed by atoms with E-state index in [-0.39, 0.29) is 10.9 Å². The van der Waals surface area contributed by atoms with Crippen LogP contribution in [-0.4, -0.2) is 44.7 Å². The summed E-state index contributed by atoms with van der Waals surface area (Å²) >= 11 is -2.82. The van der Waals surface area contributed by atoms with Crippen molar-refractivity contribution in [1.29, 1.82) is 0 Å². The van der Waals surface area contributed by atoms with Crippen molar-refractivity contribution < 1.29 is 4.74 Å². The minimum absolute atomic E-state index is 0.111. The number of rotatable bonds is 11. The second kappa shape index (κ2) is 10.1. The van der Waals surface area contributed by atoms with Crippen molar-refractivity contribution in [2.45, 2.75) is 72.6 Å². The van der Waals surface area contributed by atoms with E-state index >= 15 is 0 Å². The van der Waals surface area contributed by atoms with Crippen LogP contribution in [0.1, 0.15) is 59.3 Å². The average Bonchev–Trinajstić information content (AvgIpc) is 2.66. The number of hydrogen-bond acceptors (Lipinski definition) is 4. The van der Waals surface area contributed by atoms with Gasteiger partial charge in [-0.15, -0.1) is 0 Å². The molecule has 1 fully saturated rings. The molecule has 25 heavy (non-hydrogen) atoms. The molecule has 1 heterocycles. The zero-order chi connectivity index (χ0) is 18.3. The van der Waals surface area contributed by atoms with Gasteiger partial charge >= 0.3 is 157 Å². The molecule has 142 valence electrons. The van der Waals surface area contributed by atoms with Gasteiger partial charge in [-0.3, -0.25) is 0 Å². The van der Waals surface area contributed by atoms with Crippen molar-refractivity contribution in [2.75, 3.05) is 31.2 Å². The summed E-state index contributed by atoms with van der Waals surface area (Å²) in [5.41, 5.74) is 0.510. The van der Waals surface area contributed by atoms with Gasteiger partial charge in [0, 0.05) is 0 Å². The third kappa shape index (κ3) is 4.68. The molecule has 0 aliphatic carbocycles. The fourth-order valence-corrected chi connectivity index (χ4v) is 21.3. The Balaban J connectivity index is 2.42. The van der Waals surface area contributed by atoms with Gasteiger partial charge < -0.3 is 0 Å². The van der Waals surface area contributed by atoms with E-state index in [0.29, 0.717) is 13.2 Å². The van der Waals surface area contributed by atoms with Crippen LogP contribution in [-0.2, 0) is 4.74 Å². The molecule has 0 bridgehead atoms. The molecule has 1 aromatic carbocycles. The summed E-state index contributed by atoms with van der Waals surface area (Å²) in [4.78, 5) is 27.4. The molecule has 2 rings (SSSR count). The molecule has 5 heteroatoms. The van der Waals surface area contributed by atoms with Gasteiger partial charge in [0.05, 0.1) is 0 Å². The van der Waals surface area contributed by atoms with Crippen LogP contribution in [0.25, 0.3) is 0 Å². The van der Waals surface area contributed by atoms with Crippen molar-refractivity contribution in [3.05, 3.63) is 20.4 Å². The third-order valence-electron chi connectivity index (χ3n) is 5.77. The molecule has 1 aliphatic heterocycles. The molecule has 1 aliphatic rings. The second-order valence-electron chi connectivity index (χ2n) is 7.57. The predicted molar refractivity (Wildman–Crippen MR) is 109 cm³/mol. The molecule has 0 spiro atoms. The third-order valence-corrected chi connectivity index (χ3v) is 21.3. The average molecular weight is 456 g/mol. The molecule has 0 aromatic heterocycles. The van der Waals surface area contributed by atoms with Crippen molar-refractivity contribution >= 4 is 27.6 Å². The van der Waals surface area contributed by atoms with Crippen molar-refractivity contribution in [1.82, 2.24) is 0 Å². The van der Waals surface area contributed by atoms with E-state index in [1.54, 1.807) is 0 Å².